The van der Waals surface area contributed by atoms with Crippen molar-refractivity contribution in [3.05, 3.63) is 87.8 Å². The summed E-state index contributed by atoms with van der Waals surface area (Å²) in [6.07, 6.45) is 6.26. The summed E-state index contributed by atoms with van der Waals surface area (Å²) in [5.41, 5.74) is 7.77. The highest BCUT2D eigenvalue weighted by molar-refractivity contribution is 9.10. The van der Waals surface area contributed by atoms with Crippen LogP contribution in [0.25, 0.3) is 23.1 Å². The van der Waals surface area contributed by atoms with Crippen LogP contribution in [0, 0.1) is 5.92 Å². The van der Waals surface area contributed by atoms with Gasteiger partial charge in [-0.2, -0.15) is 0 Å². The molecule has 3 unspecified atom stereocenters. The van der Waals surface area contributed by atoms with Gasteiger partial charge in [-0.25, -0.2) is 0 Å². The summed E-state index contributed by atoms with van der Waals surface area (Å²) in [5.74, 6) is -5.18. The highest BCUT2D eigenvalue weighted by Gasteiger charge is 2.27. The smallest absolute Gasteiger partial charge is 0.268 e. The standard InChI is InChI=1S/C34H36BrN5O8/c1-3-17(2)30(36)34(48)40-24(10-19-12-28(43)31(45)29(44)13-19)33(47)39-25(14-20-16-38-23-15-21(35)5-6-22(20)23)32(46)37-9-8-18-4-7-26(41)27(42)11-18/h4-13,15-17,25,30,38,41-45H,3,14,36H2,1-2H3,(H,37,46)(H,39,47)(H,40,48). The van der Waals surface area contributed by atoms with Crippen molar-refractivity contribution >= 4 is 56.7 Å². The average Bonchev–Trinajstić information content (AvgIpc) is 3.44. The number of phenolic OH excluding ortho intramolecular Hbond substituents is 5. The Bertz CT molecular complexity index is 1880. The fraction of sp³-hybridized carbons (Fsp3) is 0.206. The Morgan fingerprint density at radius 3 is 2.27 bits per heavy atom. The Labute approximate surface area is 283 Å². The van der Waals surface area contributed by atoms with Crippen LogP contribution in [-0.4, -0.2) is 60.3 Å². The minimum Gasteiger partial charge on any atom is -0.504 e. The number of benzene rings is 3. The highest BCUT2D eigenvalue weighted by atomic mass is 79.9. The van der Waals surface area contributed by atoms with Gasteiger partial charge in [0.2, 0.25) is 11.8 Å². The van der Waals surface area contributed by atoms with Gasteiger partial charge in [-0.3, -0.25) is 14.4 Å². The van der Waals surface area contributed by atoms with E-state index in [0.717, 1.165) is 33.6 Å². The second kappa shape index (κ2) is 15.4. The zero-order valence-electron chi connectivity index (χ0n) is 26.0. The number of amides is 3. The number of nitrogens with two attached hydrogens (primary N) is 1. The molecule has 3 amide bonds. The van der Waals surface area contributed by atoms with E-state index in [2.05, 4.69) is 36.9 Å². The number of aromatic nitrogens is 1. The fourth-order valence-corrected chi connectivity index (χ4v) is 5.08. The molecule has 0 radical (unpaired) electrons. The number of carbonyl (C=O) groups is 3. The van der Waals surface area contributed by atoms with Gasteiger partial charge in [-0.1, -0.05) is 48.3 Å². The predicted octanol–water partition coefficient (Wildman–Crippen LogP) is 3.80. The normalized spacial score (nSPS) is 13.6. The molecule has 0 aliphatic rings. The van der Waals surface area contributed by atoms with Crippen molar-refractivity contribution in [2.75, 3.05) is 0 Å². The Balaban J connectivity index is 1.68. The molecule has 0 saturated heterocycles. The maximum atomic E-state index is 13.8. The van der Waals surface area contributed by atoms with Crippen LogP contribution in [0.3, 0.4) is 0 Å². The molecule has 0 spiro atoms. The number of phenols is 5. The van der Waals surface area contributed by atoms with Gasteiger partial charge in [-0.15, -0.1) is 0 Å². The van der Waals surface area contributed by atoms with Crippen molar-refractivity contribution in [1.82, 2.24) is 20.9 Å². The Morgan fingerprint density at radius 2 is 1.60 bits per heavy atom. The predicted molar refractivity (Wildman–Crippen MR) is 184 cm³/mol. The van der Waals surface area contributed by atoms with E-state index in [1.807, 2.05) is 25.1 Å². The number of hydrogen-bond donors (Lipinski definition) is 10. The molecule has 0 bridgehead atoms. The lowest BCUT2D eigenvalue weighted by atomic mass is 9.99. The third kappa shape index (κ3) is 8.66. The number of carbonyl (C=O) groups excluding carboxylic acids is 3. The summed E-state index contributed by atoms with van der Waals surface area (Å²) in [4.78, 5) is 43.6. The second-order valence-electron chi connectivity index (χ2n) is 11.2. The maximum absolute atomic E-state index is 13.8. The van der Waals surface area contributed by atoms with Gasteiger partial charge in [0.15, 0.2) is 28.7 Å². The van der Waals surface area contributed by atoms with Crippen LogP contribution in [0.4, 0.5) is 0 Å². The maximum Gasteiger partial charge on any atom is 0.268 e. The quantitative estimate of drug-likeness (QED) is 0.0756. The van der Waals surface area contributed by atoms with Crippen LogP contribution >= 0.6 is 15.9 Å². The zero-order chi connectivity index (χ0) is 35.1. The van der Waals surface area contributed by atoms with Gasteiger partial charge in [0, 0.05) is 34.2 Å². The fourth-order valence-electron chi connectivity index (χ4n) is 4.72. The molecule has 0 fully saturated rings. The number of fused-ring (bicyclic) bond motifs is 1. The van der Waals surface area contributed by atoms with E-state index in [-0.39, 0.29) is 35.1 Å². The molecule has 14 heteroatoms. The number of rotatable bonds is 12. The lowest BCUT2D eigenvalue weighted by Crippen LogP contribution is -2.51. The lowest BCUT2D eigenvalue weighted by Gasteiger charge is -2.21. The first-order valence-corrected chi connectivity index (χ1v) is 15.6. The SMILES string of the molecule is CCC(C)C(N)C(=O)NC(=Cc1cc(O)c(O)c(O)c1)C(=O)NC(Cc1c[nH]c2cc(Br)ccc12)C(=O)NC=Cc1ccc(O)c(O)c1. The van der Waals surface area contributed by atoms with Crippen molar-refractivity contribution in [2.45, 2.75) is 38.8 Å². The summed E-state index contributed by atoms with van der Waals surface area (Å²) < 4.78 is 0.837. The van der Waals surface area contributed by atoms with Crippen molar-refractivity contribution in [1.29, 1.82) is 0 Å². The van der Waals surface area contributed by atoms with Crippen molar-refractivity contribution < 1.29 is 39.9 Å². The minimum absolute atomic E-state index is 0.0153. The molecule has 48 heavy (non-hydrogen) atoms. The monoisotopic (exact) mass is 721 g/mol. The molecular formula is C34H36BrN5O8. The van der Waals surface area contributed by atoms with Gasteiger partial charge in [0.25, 0.3) is 5.91 Å². The molecule has 1 heterocycles. The molecule has 252 valence electrons. The molecule has 3 aromatic carbocycles. The van der Waals surface area contributed by atoms with Gasteiger partial charge < -0.3 is 52.2 Å². The number of hydrogen-bond acceptors (Lipinski definition) is 9. The van der Waals surface area contributed by atoms with E-state index in [0.29, 0.717) is 17.5 Å². The van der Waals surface area contributed by atoms with Crippen LogP contribution in [0.15, 0.2) is 71.1 Å². The van der Waals surface area contributed by atoms with Crippen molar-refractivity contribution in [3.63, 3.8) is 0 Å². The molecule has 13 nitrogen and oxygen atoms in total. The van der Waals surface area contributed by atoms with Gasteiger partial charge >= 0.3 is 0 Å². The number of aromatic hydroxyl groups is 5. The Morgan fingerprint density at radius 1 is 0.917 bits per heavy atom. The first-order chi connectivity index (χ1) is 22.8. The van der Waals surface area contributed by atoms with Crippen LogP contribution in [0.2, 0.25) is 0 Å². The largest absolute Gasteiger partial charge is 0.504 e. The number of nitrogens with one attached hydrogen (secondary N) is 4. The molecule has 1 aromatic heterocycles. The highest BCUT2D eigenvalue weighted by Crippen LogP contribution is 2.36. The summed E-state index contributed by atoms with van der Waals surface area (Å²) >= 11 is 3.43. The molecule has 0 aliphatic heterocycles. The third-order valence-corrected chi connectivity index (χ3v) is 8.23. The molecular weight excluding hydrogens is 686 g/mol. The zero-order valence-corrected chi connectivity index (χ0v) is 27.6. The van der Waals surface area contributed by atoms with Crippen LogP contribution in [-0.2, 0) is 20.8 Å². The van der Waals surface area contributed by atoms with E-state index in [1.165, 1.54) is 30.5 Å². The van der Waals surface area contributed by atoms with Crippen LogP contribution in [0.5, 0.6) is 28.7 Å². The van der Waals surface area contributed by atoms with E-state index in [9.17, 15) is 39.9 Å². The summed E-state index contributed by atoms with van der Waals surface area (Å²) in [5, 5.41) is 57.8. The second-order valence-corrected chi connectivity index (χ2v) is 12.1. The first-order valence-electron chi connectivity index (χ1n) is 14.9. The van der Waals surface area contributed by atoms with E-state index < -0.39 is 47.1 Å². The van der Waals surface area contributed by atoms with Gasteiger partial charge in [-0.05, 0) is 71.2 Å². The molecule has 0 saturated carbocycles. The molecule has 0 aliphatic carbocycles. The summed E-state index contributed by atoms with van der Waals surface area (Å²) in [7, 11) is 0. The van der Waals surface area contributed by atoms with Crippen molar-refractivity contribution in [3.8, 4) is 28.7 Å². The van der Waals surface area contributed by atoms with E-state index in [4.69, 9.17) is 5.73 Å². The summed E-state index contributed by atoms with van der Waals surface area (Å²) in [6, 6.07) is 9.61. The number of H-pyrrole nitrogens is 1. The first kappa shape index (κ1) is 35.4. The molecule has 4 aromatic rings. The van der Waals surface area contributed by atoms with Crippen LogP contribution < -0.4 is 21.7 Å². The minimum atomic E-state index is -1.21. The number of halogens is 1. The van der Waals surface area contributed by atoms with Crippen molar-refractivity contribution in [2.24, 2.45) is 11.7 Å². The van der Waals surface area contributed by atoms with Crippen LogP contribution in [0.1, 0.15) is 37.0 Å². The third-order valence-electron chi connectivity index (χ3n) is 7.74. The molecule has 11 N–H and O–H groups in total. The van der Waals surface area contributed by atoms with E-state index >= 15 is 0 Å². The average molecular weight is 723 g/mol. The number of aromatic amines is 1. The Kier molecular flexibility index (Phi) is 11.4. The van der Waals surface area contributed by atoms with Gasteiger partial charge in [0.05, 0.1) is 6.04 Å². The molecule has 3 atom stereocenters. The topological polar surface area (TPSA) is 230 Å². The lowest BCUT2D eigenvalue weighted by molar-refractivity contribution is -0.128. The Hall–Kier alpha value is -5.47. The molecule has 4 rings (SSSR count). The summed E-state index contributed by atoms with van der Waals surface area (Å²) in [6.45, 7) is 3.63. The van der Waals surface area contributed by atoms with E-state index in [1.54, 1.807) is 13.1 Å². The van der Waals surface area contributed by atoms with Gasteiger partial charge in [0.1, 0.15) is 11.7 Å².